The fourth-order valence-corrected chi connectivity index (χ4v) is 2.11. The van der Waals surface area contributed by atoms with Gasteiger partial charge in [0.15, 0.2) is 0 Å². The second-order valence-electron chi connectivity index (χ2n) is 4.60. The molecule has 2 rings (SSSR count). The third kappa shape index (κ3) is 4.87. The number of nitrogens with zero attached hydrogens (tertiary/aromatic N) is 2. The first kappa shape index (κ1) is 13.8. The number of aromatic nitrogens is 2. The number of rotatable bonds is 6. The summed E-state index contributed by atoms with van der Waals surface area (Å²) in [4.78, 5) is 8.12. The fraction of sp³-hybridized carbons (Fsp3) is 0.333. The minimum atomic E-state index is 0.421. The molecule has 1 N–H and O–H groups in total. The lowest BCUT2D eigenvalue weighted by Crippen LogP contribution is -2.04. The van der Waals surface area contributed by atoms with E-state index in [9.17, 15) is 0 Å². The first-order chi connectivity index (χ1) is 9.24. The van der Waals surface area contributed by atoms with E-state index in [1.165, 1.54) is 17.3 Å². The van der Waals surface area contributed by atoms with Gasteiger partial charge in [0.2, 0.25) is 0 Å². The minimum absolute atomic E-state index is 0.421. The molecule has 19 heavy (non-hydrogen) atoms. The van der Waals surface area contributed by atoms with Gasteiger partial charge in [0, 0.05) is 6.54 Å². The number of halogens is 1. The van der Waals surface area contributed by atoms with E-state index in [1.54, 1.807) is 6.20 Å². The molecule has 0 saturated heterocycles. The van der Waals surface area contributed by atoms with Gasteiger partial charge in [-0.25, -0.2) is 4.98 Å². The van der Waals surface area contributed by atoms with Crippen LogP contribution in [0.1, 0.15) is 24.0 Å². The van der Waals surface area contributed by atoms with E-state index in [0.717, 1.165) is 31.6 Å². The Balaban J connectivity index is 1.67. The van der Waals surface area contributed by atoms with E-state index in [4.69, 9.17) is 11.6 Å². The highest BCUT2D eigenvalue weighted by Gasteiger charge is 1.97. The largest absolute Gasteiger partial charge is 0.369 e. The van der Waals surface area contributed by atoms with Crippen molar-refractivity contribution in [1.82, 2.24) is 9.97 Å². The summed E-state index contributed by atoms with van der Waals surface area (Å²) in [7, 11) is 0. The van der Waals surface area contributed by atoms with Gasteiger partial charge in [-0.2, -0.15) is 0 Å². The monoisotopic (exact) mass is 275 g/mol. The van der Waals surface area contributed by atoms with Gasteiger partial charge in [-0.05, 0) is 31.7 Å². The summed E-state index contributed by atoms with van der Waals surface area (Å²) >= 11 is 5.77. The van der Waals surface area contributed by atoms with Crippen LogP contribution in [-0.4, -0.2) is 16.5 Å². The molecular weight excluding hydrogens is 258 g/mol. The smallest absolute Gasteiger partial charge is 0.149 e. The van der Waals surface area contributed by atoms with Crippen molar-refractivity contribution in [2.24, 2.45) is 0 Å². The van der Waals surface area contributed by atoms with E-state index in [-0.39, 0.29) is 0 Å². The molecule has 0 saturated carbocycles. The van der Waals surface area contributed by atoms with Gasteiger partial charge in [0.25, 0.3) is 0 Å². The molecule has 0 fully saturated rings. The van der Waals surface area contributed by atoms with Crippen LogP contribution in [0.2, 0.25) is 5.15 Å². The number of anilines is 1. The quantitative estimate of drug-likeness (QED) is 0.813. The van der Waals surface area contributed by atoms with Crippen LogP contribution < -0.4 is 5.32 Å². The maximum atomic E-state index is 5.77. The van der Waals surface area contributed by atoms with Crippen LogP contribution in [0.15, 0.2) is 36.7 Å². The Hall–Kier alpha value is -1.61. The number of benzene rings is 1. The highest BCUT2D eigenvalue weighted by Crippen LogP contribution is 2.09. The second-order valence-corrected chi connectivity index (χ2v) is 4.99. The molecule has 0 aliphatic heterocycles. The van der Waals surface area contributed by atoms with E-state index < -0.39 is 0 Å². The molecule has 0 spiro atoms. The summed E-state index contributed by atoms with van der Waals surface area (Å²) in [5.74, 6) is 0.739. The Labute approximate surface area is 119 Å². The molecule has 100 valence electrons. The van der Waals surface area contributed by atoms with Crippen molar-refractivity contribution in [2.45, 2.75) is 26.2 Å². The van der Waals surface area contributed by atoms with Crippen LogP contribution in [-0.2, 0) is 6.42 Å². The van der Waals surface area contributed by atoms with E-state index in [2.05, 4.69) is 46.5 Å². The van der Waals surface area contributed by atoms with Crippen LogP contribution in [0, 0.1) is 6.92 Å². The molecule has 1 heterocycles. The standard InChI is InChI=1S/C15H18ClN3/c1-12-5-4-7-13(9-12)6-2-3-8-18-15-11-17-10-14(16)19-15/h4-5,7,9-11H,2-3,6,8H2,1H3,(H,18,19). The van der Waals surface area contributed by atoms with Crippen molar-refractivity contribution in [2.75, 3.05) is 11.9 Å². The maximum absolute atomic E-state index is 5.77. The van der Waals surface area contributed by atoms with Crippen LogP contribution >= 0.6 is 11.6 Å². The Morgan fingerprint density at radius 3 is 2.89 bits per heavy atom. The van der Waals surface area contributed by atoms with Gasteiger partial charge in [-0.3, -0.25) is 4.98 Å². The van der Waals surface area contributed by atoms with Crippen molar-refractivity contribution in [1.29, 1.82) is 0 Å². The van der Waals surface area contributed by atoms with Crippen LogP contribution in [0.4, 0.5) is 5.82 Å². The zero-order valence-electron chi connectivity index (χ0n) is 11.1. The lowest BCUT2D eigenvalue weighted by molar-refractivity contribution is 0.760. The number of aryl methyl sites for hydroxylation is 2. The Bertz CT molecular complexity index is 481. The van der Waals surface area contributed by atoms with Crippen LogP contribution in [0.5, 0.6) is 0 Å². The first-order valence-corrected chi connectivity index (χ1v) is 6.89. The third-order valence-electron chi connectivity index (χ3n) is 2.89. The predicted octanol–water partition coefficient (Wildman–Crippen LogP) is 3.87. The number of hydrogen-bond donors (Lipinski definition) is 1. The van der Waals surface area contributed by atoms with Gasteiger partial charge in [0.05, 0.1) is 12.4 Å². The molecule has 0 radical (unpaired) electrons. The van der Waals surface area contributed by atoms with Crippen molar-refractivity contribution in [3.63, 3.8) is 0 Å². The van der Waals surface area contributed by atoms with Gasteiger partial charge >= 0.3 is 0 Å². The van der Waals surface area contributed by atoms with E-state index in [0.29, 0.717) is 5.15 Å². The van der Waals surface area contributed by atoms with Gasteiger partial charge < -0.3 is 5.32 Å². The molecule has 1 aromatic heterocycles. The summed E-state index contributed by atoms with van der Waals surface area (Å²) in [5, 5.41) is 3.65. The van der Waals surface area contributed by atoms with Crippen LogP contribution in [0.3, 0.4) is 0 Å². The zero-order valence-corrected chi connectivity index (χ0v) is 11.8. The normalized spacial score (nSPS) is 10.4. The van der Waals surface area contributed by atoms with E-state index >= 15 is 0 Å². The Morgan fingerprint density at radius 2 is 2.11 bits per heavy atom. The first-order valence-electron chi connectivity index (χ1n) is 6.51. The second kappa shape index (κ2) is 7.10. The highest BCUT2D eigenvalue weighted by molar-refractivity contribution is 6.29. The summed E-state index contributed by atoms with van der Waals surface area (Å²) in [6.07, 6.45) is 6.59. The molecule has 0 atom stereocenters. The average Bonchev–Trinajstić information content (AvgIpc) is 2.38. The van der Waals surface area contributed by atoms with Gasteiger partial charge in [0.1, 0.15) is 11.0 Å². The molecule has 3 nitrogen and oxygen atoms in total. The SMILES string of the molecule is Cc1cccc(CCCCNc2cncc(Cl)n2)c1. The number of hydrogen-bond acceptors (Lipinski definition) is 3. The lowest BCUT2D eigenvalue weighted by atomic mass is 10.1. The third-order valence-corrected chi connectivity index (χ3v) is 3.07. The highest BCUT2D eigenvalue weighted by atomic mass is 35.5. The minimum Gasteiger partial charge on any atom is -0.369 e. The van der Waals surface area contributed by atoms with Crippen molar-refractivity contribution >= 4 is 17.4 Å². The summed E-state index contributed by atoms with van der Waals surface area (Å²) in [5.41, 5.74) is 2.73. The summed E-state index contributed by atoms with van der Waals surface area (Å²) < 4.78 is 0. The topological polar surface area (TPSA) is 37.8 Å². The maximum Gasteiger partial charge on any atom is 0.149 e. The molecule has 0 unspecified atom stereocenters. The molecular formula is C15H18ClN3. The number of unbranched alkanes of at least 4 members (excludes halogenated alkanes) is 1. The van der Waals surface area contributed by atoms with Crippen molar-refractivity contribution < 1.29 is 0 Å². The summed E-state index contributed by atoms with van der Waals surface area (Å²) in [6, 6.07) is 8.67. The molecule has 0 amide bonds. The van der Waals surface area contributed by atoms with Gasteiger partial charge in [-0.1, -0.05) is 41.4 Å². The fourth-order valence-electron chi connectivity index (χ4n) is 1.97. The molecule has 4 heteroatoms. The Kier molecular flexibility index (Phi) is 5.16. The molecule has 0 aliphatic rings. The average molecular weight is 276 g/mol. The van der Waals surface area contributed by atoms with E-state index in [1.807, 2.05) is 0 Å². The van der Waals surface area contributed by atoms with Gasteiger partial charge in [-0.15, -0.1) is 0 Å². The zero-order chi connectivity index (χ0) is 13.5. The summed E-state index contributed by atoms with van der Waals surface area (Å²) in [6.45, 7) is 3.02. The molecule has 0 aliphatic carbocycles. The van der Waals surface area contributed by atoms with Crippen LogP contribution in [0.25, 0.3) is 0 Å². The molecule has 1 aromatic carbocycles. The predicted molar refractivity (Wildman–Crippen MR) is 79.6 cm³/mol. The lowest BCUT2D eigenvalue weighted by Gasteiger charge is -2.05. The van der Waals surface area contributed by atoms with Crippen molar-refractivity contribution in [3.05, 3.63) is 52.9 Å². The Morgan fingerprint density at radius 1 is 1.21 bits per heavy atom. The van der Waals surface area contributed by atoms with Crippen molar-refractivity contribution in [3.8, 4) is 0 Å². The molecule has 2 aromatic rings. The molecule has 0 bridgehead atoms. The number of nitrogens with one attached hydrogen (secondary N) is 1.